The third kappa shape index (κ3) is 3.15. The van der Waals surface area contributed by atoms with Gasteiger partial charge in [-0.25, -0.2) is 4.39 Å². The molecule has 2 rings (SSSR count). The summed E-state index contributed by atoms with van der Waals surface area (Å²) in [6, 6.07) is 10.4. The molecule has 0 spiro atoms. The predicted octanol–water partition coefficient (Wildman–Crippen LogP) is 3.49. The second kappa shape index (κ2) is 6.01. The van der Waals surface area contributed by atoms with Gasteiger partial charge in [0.2, 0.25) is 0 Å². The van der Waals surface area contributed by atoms with Crippen LogP contribution in [0.1, 0.15) is 16.7 Å². The van der Waals surface area contributed by atoms with Crippen molar-refractivity contribution in [2.24, 2.45) is 0 Å². The zero-order valence-electron chi connectivity index (χ0n) is 11.2. The summed E-state index contributed by atoms with van der Waals surface area (Å²) < 4.78 is 19.3. The van der Waals surface area contributed by atoms with Gasteiger partial charge in [-0.2, -0.15) is 5.26 Å². The smallest absolute Gasteiger partial charge is 0.273 e. The topological polar surface area (TPSA) is 76.2 Å². The number of nitro groups is 1. The molecule has 2 aromatic carbocycles. The van der Waals surface area contributed by atoms with Gasteiger partial charge < -0.3 is 4.74 Å². The minimum atomic E-state index is -0.636. The maximum atomic E-state index is 13.9. The summed E-state index contributed by atoms with van der Waals surface area (Å²) in [6.07, 6.45) is 0. The van der Waals surface area contributed by atoms with Crippen LogP contribution in [0.4, 0.5) is 10.1 Å². The van der Waals surface area contributed by atoms with Crippen molar-refractivity contribution in [1.29, 1.82) is 5.26 Å². The van der Waals surface area contributed by atoms with Gasteiger partial charge in [-0.1, -0.05) is 12.1 Å². The lowest BCUT2D eigenvalue weighted by molar-refractivity contribution is -0.385. The minimum Gasteiger partial charge on any atom is -0.488 e. The average Bonchev–Trinajstić information content (AvgIpc) is 2.47. The fourth-order valence-electron chi connectivity index (χ4n) is 1.79. The number of benzene rings is 2. The number of hydrogen-bond acceptors (Lipinski definition) is 4. The van der Waals surface area contributed by atoms with E-state index in [-0.39, 0.29) is 23.4 Å². The maximum absolute atomic E-state index is 13.9. The van der Waals surface area contributed by atoms with Gasteiger partial charge in [-0.05, 0) is 24.6 Å². The second-order valence-corrected chi connectivity index (χ2v) is 4.39. The molecule has 6 heteroatoms. The number of rotatable bonds is 4. The minimum absolute atomic E-state index is 0.0631. The van der Waals surface area contributed by atoms with E-state index in [1.807, 2.05) is 0 Å². The lowest BCUT2D eigenvalue weighted by Gasteiger charge is -2.10. The van der Waals surface area contributed by atoms with E-state index >= 15 is 0 Å². The maximum Gasteiger partial charge on any atom is 0.273 e. The fourth-order valence-corrected chi connectivity index (χ4v) is 1.79. The fraction of sp³-hybridized carbons (Fsp3) is 0.133. The molecule has 0 amide bonds. The molecule has 21 heavy (non-hydrogen) atoms. The lowest BCUT2D eigenvalue weighted by atomic mass is 10.1. The summed E-state index contributed by atoms with van der Waals surface area (Å²) >= 11 is 0. The number of nitrogens with zero attached hydrogens (tertiary/aromatic N) is 2. The van der Waals surface area contributed by atoms with Crippen LogP contribution in [-0.4, -0.2) is 4.92 Å². The largest absolute Gasteiger partial charge is 0.488 e. The van der Waals surface area contributed by atoms with Crippen molar-refractivity contribution in [3.8, 4) is 11.8 Å². The zero-order valence-corrected chi connectivity index (χ0v) is 11.2. The van der Waals surface area contributed by atoms with E-state index in [0.717, 1.165) is 0 Å². The average molecular weight is 286 g/mol. The lowest BCUT2D eigenvalue weighted by Crippen LogP contribution is -2.01. The first-order valence-electron chi connectivity index (χ1n) is 6.08. The van der Waals surface area contributed by atoms with E-state index in [2.05, 4.69) is 0 Å². The van der Waals surface area contributed by atoms with Crippen molar-refractivity contribution >= 4 is 5.69 Å². The van der Waals surface area contributed by atoms with Gasteiger partial charge in [0.05, 0.1) is 16.6 Å². The summed E-state index contributed by atoms with van der Waals surface area (Å²) in [5, 5.41) is 19.5. The molecular formula is C15H11FN2O3. The van der Waals surface area contributed by atoms with Crippen LogP contribution < -0.4 is 4.74 Å². The molecule has 0 bridgehead atoms. The number of ether oxygens (including phenoxy) is 1. The Labute approximate surface area is 120 Å². The Kier molecular flexibility index (Phi) is 4.14. The Morgan fingerprint density at radius 3 is 2.81 bits per heavy atom. The van der Waals surface area contributed by atoms with E-state index in [1.165, 1.54) is 24.3 Å². The highest BCUT2D eigenvalue weighted by atomic mass is 19.1. The Hall–Kier alpha value is -2.94. The quantitative estimate of drug-likeness (QED) is 0.636. The highest BCUT2D eigenvalue weighted by molar-refractivity contribution is 5.44. The van der Waals surface area contributed by atoms with Crippen LogP contribution in [0.15, 0.2) is 36.4 Å². The molecule has 0 atom stereocenters. The van der Waals surface area contributed by atoms with Gasteiger partial charge in [-0.3, -0.25) is 10.1 Å². The van der Waals surface area contributed by atoms with Crippen molar-refractivity contribution in [2.75, 3.05) is 0 Å². The first-order chi connectivity index (χ1) is 10.0. The Balaban J connectivity index is 2.23. The summed E-state index contributed by atoms with van der Waals surface area (Å²) in [6.45, 7) is 1.63. The van der Waals surface area contributed by atoms with E-state index in [4.69, 9.17) is 10.00 Å². The molecule has 2 aromatic rings. The molecule has 0 radical (unpaired) electrons. The Bertz CT molecular complexity index is 738. The number of halogens is 1. The molecule has 0 saturated heterocycles. The third-order valence-electron chi connectivity index (χ3n) is 2.96. The van der Waals surface area contributed by atoms with Gasteiger partial charge in [0.25, 0.3) is 5.69 Å². The normalized spacial score (nSPS) is 9.95. The van der Waals surface area contributed by atoms with Crippen molar-refractivity contribution < 1.29 is 14.1 Å². The van der Waals surface area contributed by atoms with Crippen molar-refractivity contribution in [3.05, 3.63) is 69.0 Å². The summed E-state index contributed by atoms with van der Waals surface area (Å²) in [5.74, 6) is -0.325. The third-order valence-corrected chi connectivity index (χ3v) is 2.96. The van der Waals surface area contributed by atoms with Crippen molar-refractivity contribution in [2.45, 2.75) is 13.5 Å². The number of hydrogen-bond donors (Lipinski definition) is 0. The number of non-ortho nitro benzene ring substituents is 1. The van der Waals surface area contributed by atoms with E-state index < -0.39 is 10.7 Å². The number of nitro benzene ring substituents is 1. The van der Waals surface area contributed by atoms with E-state index in [1.54, 1.807) is 25.1 Å². The highest BCUT2D eigenvalue weighted by Gasteiger charge is 2.12. The molecule has 0 heterocycles. The van der Waals surface area contributed by atoms with Gasteiger partial charge >= 0.3 is 0 Å². The molecule has 0 N–H and O–H groups in total. The van der Waals surface area contributed by atoms with Gasteiger partial charge in [0.15, 0.2) is 0 Å². The molecule has 0 aromatic heterocycles. The molecule has 0 saturated carbocycles. The first kappa shape index (κ1) is 14.5. The molecule has 0 aliphatic rings. The molecule has 0 fully saturated rings. The van der Waals surface area contributed by atoms with Crippen LogP contribution in [0.5, 0.6) is 5.75 Å². The first-order valence-corrected chi connectivity index (χ1v) is 6.08. The van der Waals surface area contributed by atoms with Gasteiger partial charge in [0.1, 0.15) is 24.2 Å². The standard InChI is InChI=1S/C15H11FN2O3/c1-10-5-6-13(18(19)20)7-14(10)21-9-12-4-2-3-11(8-17)15(12)16/h2-7H,9H2,1H3. The number of nitriles is 1. The van der Waals surface area contributed by atoms with E-state index in [0.29, 0.717) is 11.3 Å². The molecule has 5 nitrogen and oxygen atoms in total. The molecular weight excluding hydrogens is 275 g/mol. The Morgan fingerprint density at radius 1 is 1.38 bits per heavy atom. The van der Waals surface area contributed by atoms with Crippen molar-refractivity contribution in [1.82, 2.24) is 0 Å². The monoisotopic (exact) mass is 286 g/mol. The van der Waals surface area contributed by atoms with E-state index in [9.17, 15) is 14.5 Å². The molecule has 0 unspecified atom stereocenters. The summed E-state index contributed by atoms with van der Waals surface area (Å²) in [4.78, 5) is 10.2. The molecule has 0 aliphatic carbocycles. The highest BCUT2D eigenvalue weighted by Crippen LogP contribution is 2.25. The SMILES string of the molecule is Cc1ccc([N+](=O)[O-])cc1OCc1cccc(C#N)c1F. The van der Waals surface area contributed by atoms with Gasteiger partial charge in [0, 0.05) is 11.6 Å². The van der Waals surface area contributed by atoms with Crippen LogP contribution in [0, 0.1) is 34.2 Å². The van der Waals surface area contributed by atoms with Crippen molar-refractivity contribution in [3.63, 3.8) is 0 Å². The van der Waals surface area contributed by atoms with Crippen LogP contribution in [0.2, 0.25) is 0 Å². The van der Waals surface area contributed by atoms with Crippen LogP contribution in [0.25, 0.3) is 0 Å². The zero-order chi connectivity index (χ0) is 15.4. The summed E-state index contributed by atoms with van der Waals surface area (Å²) in [7, 11) is 0. The molecule has 106 valence electrons. The van der Waals surface area contributed by atoms with Gasteiger partial charge in [-0.15, -0.1) is 0 Å². The van der Waals surface area contributed by atoms with Crippen LogP contribution in [-0.2, 0) is 6.61 Å². The second-order valence-electron chi connectivity index (χ2n) is 4.39. The summed E-state index contributed by atoms with van der Waals surface area (Å²) in [5.41, 5.74) is 0.770. The van der Waals surface area contributed by atoms with Crippen LogP contribution >= 0.6 is 0 Å². The predicted molar refractivity (Wildman–Crippen MR) is 73.3 cm³/mol. The number of aryl methyl sites for hydroxylation is 1. The Morgan fingerprint density at radius 2 is 2.14 bits per heavy atom. The molecule has 0 aliphatic heterocycles. The van der Waals surface area contributed by atoms with Crippen LogP contribution in [0.3, 0.4) is 0 Å².